The number of nitrogens with zero attached hydrogens (tertiary/aromatic N) is 1. The van der Waals surface area contributed by atoms with Crippen molar-refractivity contribution in [1.82, 2.24) is 9.55 Å². The molecule has 0 aromatic carbocycles. The number of aromatic nitrogens is 2. The Hall–Kier alpha value is -0.510. The molecule has 0 aliphatic carbocycles. The minimum Gasteiger partial charge on any atom is -0.389 e. The fraction of sp³-hybridized carbons (Fsp3) is 0.556. The number of hydrogen-bond acceptors (Lipinski definition) is 10. The lowest BCUT2D eigenvalue weighted by atomic mass is 10.2. The average molecular weight is 547 g/mol. The van der Waals surface area contributed by atoms with Crippen LogP contribution >= 0.6 is 39.4 Å². The Morgan fingerprint density at radius 2 is 1.76 bits per heavy atom. The summed E-state index contributed by atoms with van der Waals surface area (Å²) in [4.78, 5) is 59.3. The van der Waals surface area contributed by atoms with E-state index >= 15 is 0 Å². The van der Waals surface area contributed by atoms with Gasteiger partial charge in [-0.3, -0.25) is 18.9 Å². The fourth-order valence-corrected chi connectivity index (χ4v) is 5.91. The van der Waals surface area contributed by atoms with Crippen molar-refractivity contribution in [1.29, 1.82) is 0 Å². The summed E-state index contributed by atoms with van der Waals surface area (Å²) >= 11 is 3.07. The van der Waals surface area contributed by atoms with Gasteiger partial charge in [-0.25, -0.2) is 18.5 Å². The van der Waals surface area contributed by atoms with Crippen molar-refractivity contribution in [3.8, 4) is 0 Å². The topological polar surface area (TPSA) is 244 Å². The number of halogens is 1. The van der Waals surface area contributed by atoms with Crippen molar-refractivity contribution in [2.45, 2.75) is 23.3 Å². The van der Waals surface area contributed by atoms with Gasteiger partial charge in [0.1, 0.15) is 6.10 Å². The lowest BCUT2D eigenvalue weighted by molar-refractivity contribution is -0.0447. The second-order valence-electron chi connectivity index (χ2n) is 5.40. The van der Waals surface area contributed by atoms with Crippen LogP contribution in [0, 0.1) is 0 Å². The summed E-state index contributed by atoms with van der Waals surface area (Å²) in [5, 5.41) is 10.1. The standard InChI is InChI=1S/C9H14BrN2O14P3/c10-6-7(14)4(24-8(6)12-2-1-5(13)11-9(12)15)3-23-28(19,20)26-29(21,22)25-27(16,17)18/h1-2,4,6-8,14H,3H2,(H,19,20)(H,21,22)(H,11,13,15)(H2,16,17,18)/t4-,6-,7-,8-/m1/s1. The van der Waals surface area contributed by atoms with Crippen molar-refractivity contribution in [3.63, 3.8) is 0 Å². The monoisotopic (exact) mass is 546 g/mol. The molecule has 6 atom stereocenters. The normalized spacial score (nSPS) is 29.3. The Labute approximate surface area is 168 Å². The van der Waals surface area contributed by atoms with E-state index in [0.29, 0.717) is 0 Å². The minimum atomic E-state index is -5.69. The molecule has 1 aromatic rings. The highest BCUT2D eigenvalue weighted by molar-refractivity contribution is 9.09. The summed E-state index contributed by atoms with van der Waals surface area (Å²) in [5.74, 6) is 0. The maximum atomic E-state index is 11.8. The number of H-pyrrole nitrogens is 1. The van der Waals surface area contributed by atoms with E-state index in [1.165, 1.54) is 0 Å². The molecule has 2 rings (SSSR count). The van der Waals surface area contributed by atoms with Crippen molar-refractivity contribution in [2.75, 3.05) is 6.61 Å². The molecular weight excluding hydrogens is 533 g/mol. The third-order valence-electron chi connectivity index (χ3n) is 3.24. The maximum Gasteiger partial charge on any atom is 0.490 e. The van der Waals surface area contributed by atoms with E-state index in [9.17, 15) is 33.3 Å². The molecule has 0 spiro atoms. The SMILES string of the molecule is O=c1ccn([C@@H]2O[C@H](COP(=O)(O)OP(=O)(O)OP(=O)(O)O)[C@@H](O)[C@H]2Br)c(=O)[nH]1. The Balaban J connectivity index is 2.06. The second kappa shape index (κ2) is 8.93. The highest BCUT2D eigenvalue weighted by atomic mass is 79.9. The number of aliphatic hydroxyl groups excluding tert-OH is 1. The summed E-state index contributed by atoms with van der Waals surface area (Å²) in [5.41, 5.74) is -1.55. The van der Waals surface area contributed by atoms with Crippen LogP contribution in [0.25, 0.3) is 0 Å². The van der Waals surface area contributed by atoms with Gasteiger partial charge >= 0.3 is 29.2 Å². The van der Waals surface area contributed by atoms with E-state index in [4.69, 9.17) is 19.4 Å². The first kappa shape index (κ1) is 24.8. The summed E-state index contributed by atoms with van der Waals surface area (Å²) < 4.78 is 51.3. The van der Waals surface area contributed by atoms with Gasteiger partial charge in [-0.05, 0) is 0 Å². The Morgan fingerprint density at radius 3 is 2.31 bits per heavy atom. The first-order valence-corrected chi connectivity index (χ1v) is 12.6. The van der Waals surface area contributed by atoms with Crippen LogP contribution in [-0.2, 0) is 31.6 Å². The largest absolute Gasteiger partial charge is 0.490 e. The van der Waals surface area contributed by atoms with Gasteiger partial charge in [0.15, 0.2) is 6.23 Å². The van der Waals surface area contributed by atoms with Gasteiger partial charge in [-0.2, -0.15) is 8.62 Å². The molecule has 16 nitrogen and oxygen atoms in total. The first-order valence-electron chi connectivity index (χ1n) is 7.18. The molecule has 0 radical (unpaired) electrons. The number of phosphoric ester groups is 1. The molecule has 1 aliphatic heterocycles. The van der Waals surface area contributed by atoms with Gasteiger partial charge in [-0.1, -0.05) is 15.9 Å². The fourth-order valence-electron chi connectivity index (χ4n) is 2.16. The molecule has 20 heteroatoms. The van der Waals surface area contributed by atoms with Crippen LogP contribution in [0.3, 0.4) is 0 Å². The van der Waals surface area contributed by atoms with E-state index in [2.05, 4.69) is 29.1 Å². The number of aromatic amines is 1. The number of ether oxygens (including phenoxy) is 1. The summed E-state index contributed by atoms with van der Waals surface area (Å²) in [6.07, 6.45) is -2.89. The summed E-state index contributed by atoms with van der Waals surface area (Å²) in [6.45, 7) is -0.915. The Kier molecular flexibility index (Phi) is 7.62. The second-order valence-corrected chi connectivity index (χ2v) is 10.9. The predicted molar refractivity (Wildman–Crippen MR) is 93.8 cm³/mol. The van der Waals surface area contributed by atoms with Crippen LogP contribution in [-0.4, -0.2) is 57.9 Å². The number of alkyl halides is 1. The first-order chi connectivity index (χ1) is 13.1. The molecule has 0 bridgehead atoms. The van der Waals surface area contributed by atoms with Crippen molar-refractivity contribution in [2.24, 2.45) is 0 Å². The molecule has 0 amide bonds. The molecule has 2 unspecified atom stereocenters. The number of aliphatic hydroxyl groups is 1. The summed E-state index contributed by atoms with van der Waals surface area (Å²) in [7, 11) is -16.6. The van der Waals surface area contributed by atoms with Crippen LogP contribution in [0.2, 0.25) is 0 Å². The maximum absolute atomic E-state index is 11.8. The third kappa shape index (κ3) is 7.01. The molecule has 1 fully saturated rings. The van der Waals surface area contributed by atoms with E-state index < -0.39 is 64.6 Å². The van der Waals surface area contributed by atoms with Crippen molar-refractivity contribution < 1.29 is 56.3 Å². The molecule has 1 aromatic heterocycles. The van der Waals surface area contributed by atoms with Crippen LogP contribution in [0.5, 0.6) is 0 Å². The lowest BCUT2D eigenvalue weighted by Gasteiger charge is -2.19. The van der Waals surface area contributed by atoms with Crippen LogP contribution in [0.15, 0.2) is 21.9 Å². The predicted octanol–water partition coefficient (Wildman–Crippen LogP) is -1.10. The zero-order chi connectivity index (χ0) is 22.2. The van der Waals surface area contributed by atoms with E-state index in [0.717, 1.165) is 16.8 Å². The van der Waals surface area contributed by atoms with Gasteiger partial charge in [0.25, 0.3) is 5.56 Å². The zero-order valence-electron chi connectivity index (χ0n) is 13.7. The van der Waals surface area contributed by atoms with Crippen LogP contribution < -0.4 is 11.2 Å². The van der Waals surface area contributed by atoms with Gasteiger partial charge < -0.3 is 29.4 Å². The van der Waals surface area contributed by atoms with E-state index in [1.54, 1.807) is 0 Å². The molecule has 1 aliphatic rings. The van der Waals surface area contributed by atoms with Crippen molar-refractivity contribution >= 4 is 39.4 Å². The third-order valence-corrected chi connectivity index (χ3v) is 8.03. The van der Waals surface area contributed by atoms with Gasteiger partial charge in [-0.15, -0.1) is 0 Å². The molecule has 166 valence electrons. The minimum absolute atomic E-state index is 0.680. The molecular formula is C9H14BrN2O14P3. The van der Waals surface area contributed by atoms with Gasteiger partial charge in [0.2, 0.25) is 0 Å². The molecule has 29 heavy (non-hydrogen) atoms. The highest BCUT2D eigenvalue weighted by Crippen LogP contribution is 2.66. The Bertz CT molecular complexity index is 1000. The Morgan fingerprint density at radius 1 is 1.14 bits per heavy atom. The van der Waals surface area contributed by atoms with E-state index in [1.807, 2.05) is 4.98 Å². The molecule has 2 heterocycles. The molecule has 6 N–H and O–H groups in total. The average Bonchev–Trinajstić information content (AvgIpc) is 2.78. The van der Waals surface area contributed by atoms with E-state index in [-0.39, 0.29) is 0 Å². The number of nitrogens with one attached hydrogen (secondary N) is 1. The van der Waals surface area contributed by atoms with Crippen molar-refractivity contribution in [3.05, 3.63) is 33.1 Å². The lowest BCUT2D eigenvalue weighted by Crippen LogP contribution is -2.35. The van der Waals surface area contributed by atoms with Gasteiger partial charge in [0, 0.05) is 12.3 Å². The molecule has 1 saturated heterocycles. The quantitative estimate of drug-likeness (QED) is 0.167. The number of phosphoric acid groups is 3. The van der Waals surface area contributed by atoms with Gasteiger partial charge in [0.05, 0.1) is 17.5 Å². The highest BCUT2D eigenvalue weighted by Gasteiger charge is 2.46. The van der Waals surface area contributed by atoms with Crippen LogP contribution in [0.1, 0.15) is 6.23 Å². The zero-order valence-corrected chi connectivity index (χ0v) is 18.0. The smallest absolute Gasteiger partial charge is 0.389 e. The molecule has 0 saturated carbocycles. The summed E-state index contributed by atoms with van der Waals surface area (Å²) in [6, 6.07) is 1.01. The number of hydrogen-bond donors (Lipinski definition) is 6. The number of rotatable bonds is 8. The van der Waals surface area contributed by atoms with Crippen LogP contribution in [0.4, 0.5) is 0 Å².